The number of hydrogen-bond donors (Lipinski definition) is 2. The highest BCUT2D eigenvalue weighted by Gasteiger charge is 2.28. The quantitative estimate of drug-likeness (QED) is 0.867. The van der Waals surface area contributed by atoms with Gasteiger partial charge in [0, 0.05) is 23.4 Å². The fourth-order valence-electron chi connectivity index (χ4n) is 2.42. The van der Waals surface area contributed by atoms with Crippen molar-refractivity contribution in [3.05, 3.63) is 51.8 Å². The molecular formula is C16H17BrN2O2. The number of H-pyrrole nitrogens is 1. The molecule has 0 radical (unpaired) electrons. The summed E-state index contributed by atoms with van der Waals surface area (Å²) in [6, 6.07) is 5.79. The second-order valence-electron chi connectivity index (χ2n) is 5.28. The molecule has 0 bridgehead atoms. The molecule has 110 valence electrons. The number of ether oxygens (including phenoxy) is 1. The first-order valence-electron chi connectivity index (χ1n) is 6.95. The van der Waals surface area contributed by atoms with Gasteiger partial charge in [0.25, 0.3) is 5.91 Å². The van der Waals surface area contributed by atoms with Crippen molar-refractivity contribution in [3.8, 4) is 5.75 Å². The van der Waals surface area contributed by atoms with Crippen LogP contribution in [0.5, 0.6) is 5.75 Å². The summed E-state index contributed by atoms with van der Waals surface area (Å²) in [7, 11) is 1.63. The van der Waals surface area contributed by atoms with Crippen LogP contribution in [-0.2, 0) is 6.54 Å². The van der Waals surface area contributed by atoms with Gasteiger partial charge in [-0.2, -0.15) is 0 Å². The minimum absolute atomic E-state index is 0.0305. The maximum atomic E-state index is 12.3. The predicted molar refractivity (Wildman–Crippen MR) is 84.6 cm³/mol. The van der Waals surface area contributed by atoms with E-state index in [1.807, 2.05) is 24.4 Å². The summed E-state index contributed by atoms with van der Waals surface area (Å²) in [6.45, 7) is 0.476. The fourth-order valence-corrected chi connectivity index (χ4v) is 2.94. The summed E-state index contributed by atoms with van der Waals surface area (Å²) in [5.41, 5.74) is 2.90. The van der Waals surface area contributed by atoms with Crippen LogP contribution in [0.1, 0.15) is 40.2 Å². The largest absolute Gasteiger partial charge is 0.497 e. The molecule has 0 saturated heterocycles. The molecule has 0 atom stereocenters. The van der Waals surface area contributed by atoms with Gasteiger partial charge in [-0.25, -0.2) is 0 Å². The Morgan fingerprint density at radius 1 is 1.38 bits per heavy atom. The van der Waals surface area contributed by atoms with Crippen LogP contribution in [0, 0.1) is 0 Å². The number of hydrogen-bond acceptors (Lipinski definition) is 2. The van der Waals surface area contributed by atoms with E-state index in [1.54, 1.807) is 13.3 Å². The lowest BCUT2D eigenvalue weighted by Crippen LogP contribution is -2.23. The highest BCUT2D eigenvalue weighted by atomic mass is 79.9. The van der Waals surface area contributed by atoms with Gasteiger partial charge in [-0.1, -0.05) is 15.9 Å². The van der Waals surface area contributed by atoms with E-state index in [1.165, 1.54) is 12.8 Å². The maximum absolute atomic E-state index is 12.3. The lowest BCUT2D eigenvalue weighted by atomic mass is 10.1. The molecule has 4 nitrogen and oxygen atoms in total. The highest BCUT2D eigenvalue weighted by Crippen LogP contribution is 2.41. The van der Waals surface area contributed by atoms with Gasteiger partial charge < -0.3 is 15.0 Å². The number of methoxy groups -OCH3 is 1. The van der Waals surface area contributed by atoms with E-state index >= 15 is 0 Å². The second-order valence-corrected chi connectivity index (χ2v) is 6.20. The van der Waals surface area contributed by atoms with Gasteiger partial charge in [0.15, 0.2) is 0 Å². The van der Waals surface area contributed by atoms with Crippen molar-refractivity contribution in [2.45, 2.75) is 25.3 Å². The number of carbonyl (C=O) groups excluding carboxylic acids is 1. The number of amides is 1. The average Bonchev–Trinajstić information content (AvgIpc) is 3.21. The van der Waals surface area contributed by atoms with Crippen molar-refractivity contribution < 1.29 is 9.53 Å². The molecule has 0 spiro atoms. The molecular weight excluding hydrogens is 332 g/mol. The number of aromatic nitrogens is 1. The van der Waals surface area contributed by atoms with Gasteiger partial charge in [-0.3, -0.25) is 4.79 Å². The highest BCUT2D eigenvalue weighted by molar-refractivity contribution is 9.10. The fraction of sp³-hybridized carbons (Fsp3) is 0.312. The maximum Gasteiger partial charge on any atom is 0.253 e. The molecule has 1 aliphatic carbocycles. The molecule has 0 unspecified atom stereocenters. The zero-order chi connectivity index (χ0) is 14.8. The zero-order valence-electron chi connectivity index (χ0n) is 11.8. The van der Waals surface area contributed by atoms with Gasteiger partial charge in [0.2, 0.25) is 0 Å². The SMILES string of the molecule is COc1cc(Br)cc(CNC(=O)c2c[nH]cc2C2CC2)c1. The Hall–Kier alpha value is -1.75. The van der Waals surface area contributed by atoms with Crippen LogP contribution in [-0.4, -0.2) is 18.0 Å². The van der Waals surface area contributed by atoms with Crippen LogP contribution in [0.4, 0.5) is 0 Å². The summed E-state index contributed by atoms with van der Waals surface area (Å²) >= 11 is 3.44. The van der Waals surface area contributed by atoms with Crippen LogP contribution < -0.4 is 10.1 Å². The van der Waals surface area contributed by atoms with Crippen LogP contribution in [0.25, 0.3) is 0 Å². The molecule has 0 aliphatic heterocycles. The Morgan fingerprint density at radius 2 is 2.19 bits per heavy atom. The van der Waals surface area contributed by atoms with Crippen molar-refractivity contribution in [2.75, 3.05) is 7.11 Å². The van der Waals surface area contributed by atoms with Gasteiger partial charge in [-0.15, -0.1) is 0 Å². The van der Waals surface area contributed by atoms with E-state index in [0.29, 0.717) is 12.5 Å². The van der Waals surface area contributed by atoms with E-state index < -0.39 is 0 Å². The molecule has 1 fully saturated rings. The number of aromatic amines is 1. The average molecular weight is 349 g/mol. The van der Waals surface area contributed by atoms with Crippen LogP contribution in [0.15, 0.2) is 35.1 Å². The standard InChI is InChI=1S/C16H17BrN2O2/c1-21-13-5-10(4-12(17)6-13)7-19-16(20)15-9-18-8-14(15)11-2-3-11/h4-6,8-9,11,18H,2-3,7H2,1H3,(H,19,20). The van der Waals surface area contributed by atoms with Crippen molar-refractivity contribution in [1.82, 2.24) is 10.3 Å². The Kier molecular flexibility index (Phi) is 4.01. The number of halogens is 1. The Labute approximate surface area is 132 Å². The van der Waals surface area contributed by atoms with Crippen molar-refractivity contribution >= 4 is 21.8 Å². The summed E-state index contributed by atoms with van der Waals surface area (Å²) < 4.78 is 6.16. The van der Waals surface area contributed by atoms with Crippen molar-refractivity contribution in [3.63, 3.8) is 0 Å². The van der Waals surface area contributed by atoms with Gasteiger partial charge in [-0.05, 0) is 48.1 Å². The van der Waals surface area contributed by atoms with E-state index in [0.717, 1.165) is 26.9 Å². The third-order valence-electron chi connectivity index (χ3n) is 3.66. The molecule has 1 aromatic carbocycles. The van der Waals surface area contributed by atoms with Gasteiger partial charge in [0.1, 0.15) is 5.75 Å². The zero-order valence-corrected chi connectivity index (χ0v) is 13.4. The normalized spacial score (nSPS) is 14.0. The van der Waals surface area contributed by atoms with E-state index in [2.05, 4.69) is 26.2 Å². The number of carbonyl (C=O) groups is 1. The number of benzene rings is 1. The molecule has 1 aromatic heterocycles. The van der Waals surface area contributed by atoms with Crippen molar-refractivity contribution in [1.29, 1.82) is 0 Å². The molecule has 5 heteroatoms. The molecule has 1 saturated carbocycles. The first-order valence-corrected chi connectivity index (χ1v) is 7.75. The van der Waals surface area contributed by atoms with Gasteiger partial charge in [0.05, 0.1) is 12.7 Å². The van der Waals surface area contributed by atoms with E-state index in [4.69, 9.17) is 4.74 Å². The molecule has 21 heavy (non-hydrogen) atoms. The Bertz CT molecular complexity index is 662. The number of nitrogens with one attached hydrogen (secondary N) is 2. The second kappa shape index (κ2) is 5.93. The molecule has 1 aliphatic rings. The lowest BCUT2D eigenvalue weighted by Gasteiger charge is -2.08. The topological polar surface area (TPSA) is 54.1 Å². The van der Waals surface area contributed by atoms with Gasteiger partial charge >= 0.3 is 0 Å². The summed E-state index contributed by atoms with van der Waals surface area (Å²) in [5.74, 6) is 1.30. The summed E-state index contributed by atoms with van der Waals surface area (Å²) in [6.07, 6.45) is 6.08. The van der Waals surface area contributed by atoms with E-state index in [9.17, 15) is 4.79 Å². The smallest absolute Gasteiger partial charge is 0.253 e. The first-order chi connectivity index (χ1) is 10.2. The predicted octanol–water partition coefficient (Wildman–Crippen LogP) is 3.59. The van der Waals surface area contributed by atoms with Crippen molar-refractivity contribution in [2.24, 2.45) is 0 Å². The molecule has 2 aromatic rings. The van der Waals surface area contributed by atoms with Crippen LogP contribution in [0.2, 0.25) is 0 Å². The number of rotatable bonds is 5. The third-order valence-corrected chi connectivity index (χ3v) is 4.12. The molecule has 2 N–H and O–H groups in total. The molecule has 1 heterocycles. The first kappa shape index (κ1) is 14.2. The summed E-state index contributed by atoms with van der Waals surface area (Å²) in [4.78, 5) is 15.3. The minimum atomic E-state index is -0.0305. The lowest BCUT2D eigenvalue weighted by molar-refractivity contribution is 0.0950. The van der Waals surface area contributed by atoms with Crippen LogP contribution in [0.3, 0.4) is 0 Å². The molecule has 1 amide bonds. The monoisotopic (exact) mass is 348 g/mol. The minimum Gasteiger partial charge on any atom is -0.497 e. The Morgan fingerprint density at radius 3 is 2.90 bits per heavy atom. The summed E-state index contributed by atoms with van der Waals surface area (Å²) in [5, 5.41) is 2.97. The Balaban J connectivity index is 1.68. The third kappa shape index (κ3) is 3.29. The van der Waals surface area contributed by atoms with Crippen LogP contribution >= 0.6 is 15.9 Å². The molecule has 3 rings (SSSR count). The van der Waals surface area contributed by atoms with E-state index in [-0.39, 0.29) is 5.91 Å².